The molecule has 0 aliphatic carbocycles. The van der Waals surface area contributed by atoms with E-state index in [0.717, 1.165) is 37.9 Å². The molecule has 2 aromatic rings. The van der Waals surface area contributed by atoms with Gasteiger partial charge >= 0.3 is 0 Å². The number of aromatic nitrogens is 2. The Kier molecular flexibility index (Phi) is 5.41. The summed E-state index contributed by atoms with van der Waals surface area (Å²) in [5, 5.41) is 7.36. The van der Waals surface area contributed by atoms with Gasteiger partial charge < -0.3 is 14.7 Å². The highest BCUT2D eigenvalue weighted by Gasteiger charge is 2.24. The van der Waals surface area contributed by atoms with Gasteiger partial charge in [0.1, 0.15) is 0 Å². The minimum atomic E-state index is 0.0604. The molecule has 26 heavy (non-hydrogen) atoms. The second-order valence-electron chi connectivity index (χ2n) is 8.21. The standard InChI is InChI=1S/C20H28N4O2/c1-20(2,3)12-17-22-18(23-26-17)14-7-5-8-15(11-14)19(25)24-10-6-9-16(13-24)21-4/h5,7-8,11,16,21H,6,9-10,12-13H2,1-4H3. The fourth-order valence-corrected chi connectivity index (χ4v) is 3.27. The summed E-state index contributed by atoms with van der Waals surface area (Å²) in [6.45, 7) is 7.95. The molecule has 0 saturated carbocycles. The van der Waals surface area contributed by atoms with Crippen molar-refractivity contribution in [1.29, 1.82) is 0 Å². The molecule has 0 radical (unpaired) electrons. The number of carbonyl (C=O) groups excluding carboxylic acids is 1. The van der Waals surface area contributed by atoms with Crippen LogP contribution in [0.4, 0.5) is 0 Å². The number of likely N-dealkylation sites (N-methyl/N-ethyl adjacent to an activating group) is 1. The van der Waals surface area contributed by atoms with Gasteiger partial charge in [0.2, 0.25) is 11.7 Å². The van der Waals surface area contributed by atoms with E-state index in [4.69, 9.17) is 4.52 Å². The fraction of sp³-hybridized carbons (Fsp3) is 0.550. The smallest absolute Gasteiger partial charge is 0.253 e. The first-order valence-corrected chi connectivity index (χ1v) is 9.25. The van der Waals surface area contributed by atoms with Crippen molar-refractivity contribution < 1.29 is 9.32 Å². The minimum Gasteiger partial charge on any atom is -0.339 e. The molecule has 1 aliphatic rings. The Morgan fingerprint density at radius 2 is 2.19 bits per heavy atom. The van der Waals surface area contributed by atoms with Gasteiger partial charge in [0, 0.05) is 36.7 Å². The third-order valence-corrected chi connectivity index (χ3v) is 4.63. The molecule has 0 spiro atoms. The lowest BCUT2D eigenvalue weighted by Gasteiger charge is -2.32. The Morgan fingerprint density at radius 1 is 1.38 bits per heavy atom. The molecule has 1 aliphatic heterocycles. The van der Waals surface area contributed by atoms with Crippen LogP contribution in [0.25, 0.3) is 11.4 Å². The van der Waals surface area contributed by atoms with E-state index < -0.39 is 0 Å². The topological polar surface area (TPSA) is 71.3 Å². The molecule has 1 unspecified atom stereocenters. The van der Waals surface area contributed by atoms with Crippen LogP contribution in [0.5, 0.6) is 0 Å². The third-order valence-electron chi connectivity index (χ3n) is 4.63. The van der Waals surface area contributed by atoms with E-state index in [2.05, 4.69) is 36.2 Å². The number of benzene rings is 1. The van der Waals surface area contributed by atoms with Crippen LogP contribution >= 0.6 is 0 Å². The second-order valence-corrected chi connectivity index (χ2v) is 8.21. The summed E-state index contributed by atoms with van der Waals surface area (Å²) in [5.41, 5.74) is 1.56. The van der Waals surface area contributed by atoms with Gasteiger partial charge in [0.05, 0.1) is 0 Å². The summed E-state index contributed by atoms with van der Waals surface area (Å²) in [5.74, 6) is 1.22. The molecule has 0 bridgehead atoms. The van der Waals surface area contributed by atoms with E-state index >= 15 is 0 Å². The highest BCUT2D eigenvalue weighted by molar-refractivity contribution is 5.95. The molecule has 1 amide bonds. The van der Waals surface area contributed by atoms with E-state index in [0.29, 0.717) is 23.3 Å². The first kappa shape index (κ1) is 18.6. The molecule has 1 saturated heterocycles. The quantitative estimate of drug-likeness (QED) is 0.911. The molecule has 2 heterocycles. The van der Waals surface area contributed by atoms with Crippen molar-refractivity contribution >= 4 is 5.91 Å². The zero-order chi connectivity index (χ0) is 18.7. The predicted molar refractivity (Wildman–Crippen MR) is 101 cm³/mol. The lowest BCUT2D eigenvalue weighted by Crippen LogP contribution is -2.46. The number of nitrogens with zero attached hydrogens (tertiary/aromatic N) is 3. The van der Waals surface area contributed by atoms with Crippen LogP contribution in [0.1, 0.15) is 49.9 Å². The van der Waals surface area contributed by atoms with E-state index in [1.54, 1.807) is 0 Å². The van der Waals surface area contributed by atoms with Crippen LogP contribution in [0.3, 0.4) is 0 Å². The number of rotatable bonds is 4. The van der Waals surface area contributed by atoms with Crippen molar-refractivity contribution in [3.8, 4) is 11.4 Å². The van der Waals surface area contributed by atoms with Gasteiger partial charge in [-0.25, -0.2) is 0 Å². The van der Waals surface area contributed by atoms with Crippen molar-refractivity contribution in [1.82, 2.24) is 20.4 Å². The van der Waals surface area contributed by atoms with Crippen LogP contribution < -0.4 is 5.32 Å². The third kappa shape index (κ3) is 4.49. The van der Waals surface area contributed by atoms with Crippen LogP contribution in [0.15, 0.2) is 28.8 Å². The Morgan fingerprint density at radius 3 is 2.92 bits per heavy atom. The van der Waals surface area contributed by atoms with E-state index in [9.17, 15) is 4.79 Å². The van der Waals surface area contributed by atoms with Crippen molar-refractivity contribution in [2.45, 2.75) is 46.1 Å². The van der Waals surface area contributed by atoms with Gasteiger partial charge in [-0.1, -0.05) is 38.1 Å². The Bertz CT molecular complexity index is 763. The van der Waals surface area contributed by atoms with Crippen molar-refractivity contribution in [3.63, 3.8) is 0 Å². The lowest BCUT2D eigenvalue weighted by molar-refractivity contribution is 0.0698. The summed E-state index contributed by atoms with van der Waals surface area (Å²) in [6, 6.07) is 7.87. The number of hydrogen-bond acceptors (Lipinski definition) is 5. The van der Waals surface area contributed by atoms with Gasteiger partial charge in [0.15, 0.2) is 0 Å². The van der Waals surface area contributed by atoms with Crippen molar-refractivity contribution in [3.05, 3.63) is 35.7 Å². The zero-order valence-electron chi connectivity index (χ0n) is 16.1. The zero-order valence-corrected chi connectivity index (χ0v) is 16.1. The molecule has 1 aromatic carbocycles. The lowest BCUT2D eigenvalue weighted by atomic mass is 9.92. The average Bonchev–Trinajstić information content (AvgIpc) is 3.08. The first-order valence-electron chi connectivity index (χ1n) is 9.25. The van der Waals surface area contributed by atoms with Crippen LogP contribution in [0.2, 0.25) is 0 Å². The van der Waals surface area contributed by atoms with Gasteiger partial charge in [-0.05, 0) is 37.4 Å². The summed E-state index contributed by atoms with van der Waals surface area (Å²) >= 11 is 0. The molecular formula is C20H28N4O2. The maximum atomic E-state index is 12.9. The van der Waals surface area contributed by atoms with E-state index in [1.165, 1.54) is 0 Å². The fourth-order valence-electron chi connectivity index (χ4n) is 3.27. The number of piperidine rings is 1. The number of likely N-dealkylation sites (tertiary alicyclic amines) is 1. The maximum absolute atomic E-state index is 12.9. The van der Waals surface area contributed by atoms with Crippen molar-refractivity contribution in [2.75, 3.05) is 20.1 Å². The highest BCUT2D eigenvalue weighted by Crippen LogP contribution is 2.23. The summed E-state index contributed by atoms with van der Waals surface area (Å²) in [4.78, 5) is 19.3. The molecule has 6 heteroatoms. The summed E-state index contributed by atoms with van der Waals surface area (Å²) in [6.07, 6.45) is 2.86. The number of hydrogen-bond donors (Lipinski definition) is 1. The van der Waals surface area contributed by atoms with E-state index in [-0.39, 0.29) is 11.3 Å². The average molecular weight is 356 g/mol. The van der Waals surface area contributed by atoms with Crippen LogP contribution in [0, 0.1) is 5.41 Å². The number of amides is 1. The normalized spacial score (nSPS) is 18.2. The molecular weight excluding hydrogens is 328 g/mol. The SMILES string of the molecule is CNC1CCCN(C(=O)c2cccc(-c3noc(CC(C)(C)C)n3)c2)C1. The number of nitrogens with one attached hydrogen (secondary N) is 1. The monoisotopic (exact) mass is 356 g/mol. The van der Waals surface area contributed by atoms with Gasteiger partial charge in [-0.2, -0.15) is 4.98 Å². The Balaban J connectivity index is 1.77. The van der Waals surface area contributed by atoms with Crippen molar-refractivity contribution in [2.24, 2.45) is 5.41 Å². The summed E-state index contributed by atoms with van der Waals surface area (Å²) < 4.78 is 5.38. The largest absolute Gasteiger partial charge is 0.339 e. The molecule has 140 valence electrons. The molecule has 1 atom stereocenters. The highest BCUT2D eigenvalue weighted by atomic mass is 16.5. The molecule has 3 rings (SSSR count). The number of carbonyl (C=O) groups is 1. The molecule has 1 N–H and O–H groups in total. The van der Waals surface area contributed by atoms with Crippen LogP contribution in [-0.4, -0.2) is 47.1 Å². The second kappa shape index (κ2) is 7.58. The molecule has 1 aromatic heterocycles. The minimum absolute atomic E-state index is 0.0604. The molecule has 1 fully saturated rings. The Hall–Kier alpha value is -2.21. The van der Waals surface area contributed by atoms with Gasteiger partial charge in [-0.15, -0.1) is 0 Å². The maximum Gasteiger partial charge on any atom is 0.253 e. The van der Waals surface area contributed by atoms with Crippen LogP contribution in [-0.2, 0) is 6.42 Å². The molecule has 6 nitrogen and oxygen atoms in total. The Labute approximate surface area is 155 Å². The summed E-state index contributed by atoms with van der Waals surface area (Å²) in [7, 11) is 1.95. The van der Waals surface area contributed by atoms with Gasteiger partial charge in [0.25, 0.3) is 5.91 Å². The predicted octanol–water partition coefficient (Wildman–Crippen LogP) is 3.15. The first-order chi connectivity index (χ1) is 12.4. The van der Waals surface area contributed by atoms with Gasteiger partial charge in [-0.3, -0.25) is 4.79 Å². The van der Waals surface area contributed by atoms with E-state index in [1.807, 2.05) is 36.2 Å².